The minimum Gasteiger partial charge on any atom is -0.497 e. The van der Waals surface area contributed by atoms with Crippen LogP contribution in [0.2, 0.25) is 0 Å². The first-order chi connectivity index (χ1) is 13.7. The molecule has 0 unspecified atom stereocenters. The van der Waals surface area contributed by atoms with Crippen LogP contribution in [-0.2, 0) is 0 Å². The van der Waals surface area contributed by atoms with Crippen molar-refractivity contribution in [2.45, 2.75) is 0 Å². The summed E-state index contributed by atoms with van der Waals surface area (Å²) in [5, 5.41) is 0.488. The number of hydrogen-bond donors (Lipinski definition) is 0. The smallest absolute Gasteiger partial charge is 0.193 e. The number of benzene rings is 3. The minimum atomic E-state index is -0.117. The van der Waals surface area contributed by atoms with E-state index in [1.807, 2.05) is 48.5 Å². The summed E-state index contributed by atoms with van der Waals surface area (Å²) >= 11 is 0. The van der Waals surface area contributed by atoms with Crippen LogP contribution in [0.3, 0.4) is 0 Å². The van der Waals surface area contributed by atoms with Crippen molar-refractivity contribution < 1.29 is 18.6 Å². The van der Waals surface area contributed by atoms with Crippen molar-refractivity contribution in [3.8, 4) is 34.3 Å². The molecule has 0 spiro atoms. The molecule has 0 aliphatic rings. The number of fused-ring (bicyclic) bond motifs is 1. The zero-order chi connectivity index (χ0) is 19.5. The van der Waals surface area contributed by atoms with Crippen LogP contribution >= 0.6 is 0 Å². The molecule has 0 fully saturated rings. The van der Waals surface area contributed by atoms with Gasteiger partial charge in [0.1, 0.15) is 34.3 Å². The molecule has 0 amide bonds. The maximum absolute atomic E-state index is 12.5. The highest BCUT2D eigenvalue weighted by Crippen LogP contribution is 2.28. The molecule has 3 aromatic carbocycles. The molecule has 5 heteroatoms. The highest BCUT2D eigenvalue weighted by Gasteiger charge is 2.09. The fourth-order valence-corrected chi connectivity index (χ4v) is 2.87. The maximum atomic E-state index is 12.5. The van der Waals surface area contributed by atoms with Gasteiger partial charge < -0.3 is 18.6 Å². The fraction of sp³-hybridized carbons (Fsp3) is 0.0870. The molecule has 1 heterocycles. The summed E-state index contributed by atoms with van der Waals surface area (Å²) in [4.78, 5) is 12.5. The SMILES string of the molecule is COc1ccc(Oc2ccc(-c3cc(=O)c4cc(OC)ccc4o3)cc2)cc1. The summed E-state index contributed by atoms with van der Waals surface area (Å²) in [5.74, 6) is 3.28. The van der Waals surface area contributed by atoms with Crippen molar-refractivity contribution in [3.05, 3.63) is 83.0 Å². The van der Waals surface area contributed by atoms with Gasteiger partial charge in [-0.25, -0.2) is 0 Å². The Kier molecular flexibility index (Phi) is 4.72. The summed E-state index contributed by atoms with van der Waals surface area (Å²) < 4.78 is 22.0. The lowest BCUT2D eigenvalue weighted by Crippen LogP contribution is -2.00. The van der Waals surface area contributed by atoms with Gasteiger partial charge in [0.05, 0.1) is 19.6 Å². The van der Waals surface area contributed by atoms with Crippen LogP contribution in [0, 0.1) is 0 Å². The first-order valence-electron chi connectivity index (χ1n) is 8.70. The molecule has 5 nitrogen and oxygen atoms in total. The number of ether oxygens (including phenoxy) is 3. The summed E-state index contributed by atoms with van der Waals surface area (Å²) in [7, 11) is 3.18. The molecule has 1 aromatic heterocycles. The van der Waals surface area contributed by atoms with E-state index in [9.17, 15) is 4.79 Å². The van der Waals surface area contributed by atoms with Crippen molar-refractivity contribution in [1.29, 1.82) is 0 Å². The lowest BCUT2D eigenvalue weighted by Gasteiger charge is -2.08. The Morgan fingerprint density at radius 2 is 1.25 bits per heavy atom. The Morgan fingerprint density at radius 3 is 1.89 bits per heavy atom. The Bertz CT molecular complexity index is 1160. The number of hydrogen-bond acceptors (Lipinski definition) is 5. The monoisotopic (exact) mass is 374 g/mol. The van der Waals surface area contributed by atoms with Crippen LogP contribution in [0.25, 0.3) is 22.3 Å². The van der Waals surface area contributed by atoms with Crippen molar-refractivity contribution in [3.63, 3.8) is 0 Å². The van der Waals surface area contributed by atoms with E-state index in [-0.39, 0.29) is 5.43 Å². The summed E-state index contributed by atoms with van der Waals surface area (Å²) in [6.07, 6.45) is 0. The Morgan fingerprint density at radius 1 is 0.679 bits per heavy atom. The van der Waals surface area contributed by atoms with E-state index < -0.39 is 0 Å². The van der Waals surface area contributed by atoms with Gasteiger partial charge >= 0.3 is 0 Å². The molecule has 0 aliphatic carbocycles. The van der Waals surface area contributed by atoms with Gasteiger partial charge in [0.2, 0.25) is 0 Å². The van der Waals surface area contributed by atoms with E-state index in [0.717, 1.165) is 11.3 Å². The van der Waals surface area contributed by atoms with Gasteiger partial charge in [-0.2, -0.15) is 0 Å². The van der Waals surface area contributed by atoms with Crippen LogP contribution in [-0.4, -0.2) is 14.2 Å². The average molecular weight is 374 g/mol. The maximum Gasteiger partial charge on any atom is 0.193 e. The molecule has 0 aliphatic heterocycles. The second kappa shape index (κ2) is 7.48. The van der Waals surface area contributed by atoms with Crippen LogP contribution < -0.4 is 19.6 Å². The number of rotatable bonds is 5. The Labute approximate surface area is 161 Å². The molecule has 0 bridgehead atoms. The Hall–Kier alpha value is -3.73. The van der Waals surface area contributed by atoms with Gasteiger partial charge in [-0.05, 0) is 66.7 Å². The minimum absolute atomic E-state index is 0.117. The van der Waals surface area contributed by atoms with Crippen LogP contribution in [0.5, 0.6) is 23.0 Å². The van der Waals surface area contributed by atoms with E-state index >= 15 is 0 Å². The predicted octanol–water partition coefficient (Wildman–Crippen LogP) is 5.27. The molecule has 0 saturated heterocycles. The van der Waals surface area contributed by atoms with E-state index in [2.05, 4.69) is 0 Å². The molecule has 0 N–H and O–H groups in total. The van der Waals surface area contributed by atoms with Crippen molar-refractivity contribution in [2.24, 2.45) is 0 Å². The third-order valence-corrected chi connectivity index (χ3v) is 4.37. The highest BCUT2D eigenvalue weighted by atomic mass is 16.5. The van der Waals surface area contributed by atoms with Gasteiger partial charge in [0, 0.05) is 11.6 Å². The van der Waals surface area contributed by atoms with Gasteiger partial charge in [-0.15, -0.1) is 0 Å². The summed E-state index contributed by atoms with van der Waals surface area (Å²) in [5.41, 5.74) is 1.19. The lowest BCUT2D eigenvalue weighted by atomic mass is 10.1. The largest absolute Gasteiger partial charge is 0.497 e. The normalized spacial score (nSPS) is 10.6. The highest BCUT2D eigenvalue weighted by molar-refractivity contribution is 5.80. The van der Waals surface area contributed by atoms with E-state index in [0.29, 0.717) is 34.0 Å². The fourth-order valence-electron chi connectivity index (χ4n) is 2.87. The molecule has 4 aromatic rings. The Balaban J connectivity index is 1.60. The zero-order valence-electron chi connectivity index (χ0n) is 15.5. The second-order valence-electron chi connectivity index (χ2n) is 6.14. The molecule has 0 saturated carbocycles. The zero-order valence-corrected chi connectivity index (χ0v) is 15.5. The van der Waals surface area contributed by atoms with Crippen molar-refractivity contribution in [2.75, 3.05) is 14.2 Å². The standard InChI is InChI=1S/C23H18O5/c1-25-16-7-9-18(10-8-16)27-17-5-3-15(4-6-17)23-14-21(24)20-13-19(26-2)11-12-22(20)28-23/h3-14H,1-2H3. The summed E-state index contributed by atoms with van der Waals surface area (Å²) in [6, 6.07) is 21.4. The lowest BCUT2D eigenvalue weighted by molar-refractivity contribution is 0.413. The molecule has 140 valence electrons. The van der Waals surface area contributed by atoms with E-state index in [4.69, 9.17) is 18.6 Å². The third kappa shape index (κ3) is 3.55. The molecular weight excluding hydrogens is 356 g/mol. The topological polar surface area (TPSA) is 57.9 Å². The van der Waals surface area contributed by atoms with Gasteiger partial charge in [-0.3, -0.25) is 4.79 Å². The van der Waals surface area contributed by atoms with Crippen LogP contribution in [0.1, 0.15) is 0 Å². The van der Waals surface area contributed by atoms with Gasteiger partial charge in [0.25, 0.3) is 0 Å². The van der Waals surface area contributed by atoms with Gasteiger partial charge in [-0.1, -0.05) is 0 Å². The number of methoxy groups -OCH3 is 2. The first kappa shape index (κ1) is 17.7. The second-order valence-corrected chi connectivity index (χ2v) is 6.14. The van der Waals surface area contributed by atoms with Crippen LogP contribution in [0.15, 0.2) is 82.0 Å². The average Bonchev–Trinajstić information content (AvgIpc) is 2.74. The molecule has 0 atom stereocenters. The first-order valence-corrected chi connectivity index (χ1v) is 8.70. The predicted molar refractivity (Wildman–Crippen MR) is 108 cm³/mol. The molecule has 4 rings (SSSR count). The molecular formula is C23H18O5. The summed E-state index contributed by atoms with van der Waals surface area (Å²) in [6.45, 7) is 0. The molecule has 28 heavy (non-hydrogen) atoms. The van der Waals surface area contributed by atoms with E-state index in [1.54, 1.807) is 32.4 Å². The van der Waals surface area contributed by atoms with Gasteiger partial charge in [0.15, 0.2) is 5.43 Å². The van der Waals surface area contributed by atoms with E-state index in [1.165, 1.54) is 6.07 Å². The van der Waals surface area contributed by atoms with Crippen molar-refractivity contribution in [1.82, 2.24) is 0 Å². The quantitative estimate of drug-likeness (QED) is 0.476. The van der Waals surface area contributed by atoms with Crippen molar-refractivity contribution >= 4 is 11.0 Å². The third-order valence-electron chi connectivity index (χ3n) is 4.37. The van der Waals surface area contributed by atoms with Crippen LogP contribution in [0.4, 0.5) is 0 Å². The molecule has 0 radical (unpaired) electrons.